The Hall–Kier alpha value is -2.11. The largest absolute Gasteiger partial charge is 0.465 e. The molecule has 1 amide bonds. The maximum absolute atomic E-state index is 11.3. The zero-order chi connectivity index (χ0) is 13.7. The number of rotatable bonds is 5. The van der Waals surface area contributed by atoms with Crippen molar-refractivity contribution in [3.05, 3.63) is 23.9 Å². The number of nitrogens with zero attached hydrogens (tertiary/aromatic N) is 1. The van der Waals surface area contributed by atoms with E-state index in [1.807, 2.05) is 13.8 Å². The average molecular weight is 251 g/mol. The van der Waals surface area contributed by atoms with E-state index in [-0.39, 0.29) is 5.92 Å². The van der Waals surface area contributed by atoms with E-state index in [0.717, 1.165) is 0 Å². The number of primary amides is 1. The van der Waals surface area contributed by atoms with Crippen LogP contribution in [0, 0.1) is 5.92 Å². The number of carbonyl (C=O) groups is 2. The summed E-state index contributed by atoms with van der Waals surface area (Å²) in [5.41, 5.74) is 5.65. The number of carbonyl (C=O) groups excluding carboxylic acids is 2. The Kier molecular flexibility index (Phi) is 4.65. The first-order valence-corrected chi connectivity index (χ1v) is 5.56. The van der Waals surface area contributed by atoms with Gasteiger partial charge in [-0.2, -0.15) is 0 Å². The number of hydrogen-bond acceptors (Lipinski definition) is 5. The molecule has 0 aliphatic heterocycles. The number of hydrogen-bond donors (Lipinski definition) is 2. The second-order valence-electron chi connectivity index (χ2n) is 4.19. The number of anilines is 1. The fourth-order valence-electron chi connectivity index (χ4n) is 1.48. The molecule has 0 saturated heterocycles. The molecule has 0 spiro atoms. The fraction of sp³-hybridized carbons (Fsp3) is 0.417. The van der Waals surface area contributed by atoms with Gasteiger partial charge >= 0.3 is 5.97 Å². The van der Waals surface area contributed by atoms with E-state index in [1.165, 1.54) is 25.4 Å². The standard InChI is InChI=1S/C12H17N3O3/c1-7(2)10(11(13)16)15-9-6-8(4-5-14-9)12(17)18-3/h4-7,10H,1-3H3,(H2,13,16)(H,14,15). The summed E-state index contributed by atoms with van der Waals surface area (Å²) >= 11 is 0. The maximum Gasteiger partial charge on any atom is 0.338 e. The molecule has 18 heavy (non-hydrogen) atoms. The minimum atomic E-state index is -0.537. The van der Waals surface area contributed by atoms with Gasteiger partial charge in [-0.3, -0.25) is 4.79 Å². The highest BCUT2D eigenvalue weighted by molar-refractivity contribution is 5.90. The molecule has 1 aromatic heterocycles. The lowest BCUT2D eigenvalue weighted by Gasteiger charge is -2.19. The Balaban J connectivity index is 2.90. The van der Waals surface area contributed by atoms with Gasteiger partial charge in [0.05, 0.1) is 12.7 Å². The summed E-state index contributed by atoms with van der Waals surface area (Å²) in [6.45, 7) is 3.74. The molecule has 1 unspecified atom stereocenters. The SMILES string of the molecule is COC(=O)c1ccnc(NC(C(N)=O)C(C)C)c1. The van der Waals surface area contributed by atoms with Crippen LogP contribution in [0.15, 0.2) is 18.3 Å². The van der Waals surface area contributed by atoms with Crippen molar-refractivity contribution in [2.45, 2.75) is 19.9 Å². The molecule has 1 atom stereocenters. The van der Waals surface area contributed by atoms with E-state index < -0.39 is 17.9 Å². The van der Waals surface area contributed by atoms with E-state index in [0.29, 0.717) is 11.4 Å². The fourth-order valence-corrected chi connectivity index (χ4v) is 1.48. The van der Waals surface area contributed by atoms with Crippen molar-refractivity contribution in [3.8, 4) is 0 Å². The predicted octanol–water partition coefficient (Wildman–Crippen LogP) is 0.790. The van der Waals surface area contributed by atoms with Crippen LogP contribution in [0.1, 0.15) is 24.2 Å². The van der Waals surface area contributed by atoms with Crippen LogP contribution in [0.5, 0.6) is 0 Å². The third-order valence-electron chi connectivity index (χ3n) is 2.46. The van der Waals surface area contributed by atoms with Crippen LogP contribution < -0.4 is 11.1 Å². The van der Waals surface area contributed by atoms with Gasteiger partial charge in [0.15, 0.2) is 0 Å². The van der Waals surface area contributed by atoms with E-state index >= 15 is 0 Å². The second-order valence-corrected chi connectivity index (χ2v) is 4.19. The molecule has 0 bridgehead atoms. The molecule has 0 fully saturated rings. The molecule has 0 aliphatic carbocycles. The third kappa shape index (κ3) is 3.44. The number of ether oxygens (including phenoxy) is 1. The Morgan fingerprint density at radius 3 is 2.61 bits per heavy atom. The van der Waals surface area contributed by atoms with Gasteiger partial charge in [-0.15, -0.1) is 0 Å². The van der Waals surface area contributed by atoms with Crippen LogP contribution >= 0.6 is 0 Å². The first-order chi connectivity index (χ1) is 8.45. The normalized spacial score (nSPS) is 12.0. The van der Waals surface area contributed by atoms with Crippen LogP contribution in [-0.4, -0.2) is 30.0 Å². The van der Waals surface area contributed by atoms with Crippen molar-refractivity contribution in [1.29, 1.82) is 0 Å². The Morgan fingerprint density at radius 2 is 2.11 bits per heavy atom. The number of aromatic nitrogens is 1. The van der Waals surface area contributed by atoms with Gasteiger partial charge < -0.3 is 15.8 Å². The predicted molar refractivity (Wildman–Crippen MR) is 67.0 cm³/mol. The molecule has 0 aliphatic rings. The summed E-state index contributed by atoms with van der Waals surface area (Å²) in [5.74, 6) is -0.489. The highest BCUT2D eigenvalue weighted by Crippen LogP contribution is 2.12. The first kappa shape index (κ1) is 14.0. The van der Waals surface area contributed by atoms with Crippen LogP contribution in [-0.2, 0) is 9.53 Å². The summed E-state index contributed by atoms with van der Waals surface area (Å²) < 4.78 is 4.61. The number of nitrogens with one attached hydrogen (secondary N) is 1. The second kappa shape index (κ2) is 6.00. The molecule has 3 N–H and O–H groups in total. The summed E-state index contributed by atoms with van der Waals surface area (Å²) in [5, 5.41) is 2.90. The summed E-state index contributed by atoms with van der Waals surface area (Å²) in [6.07, 6.45) is 1.47. The molecule has 6 nitrogen and oxygen atoms in total. The van der Waals surface area contributed by atoms with Gasteiger partial charge in [0.25, 0.3) is 0 Å². The molecule has 0 radical (unpaired) electrons. The van der Waals surface area contributed by atoms with E-state index in [1.54, 1.807) is 0 Å². The molecule has 6 heteroatoms. The highest BCUT2D eigenvalue weighted by atomic mass is 16.5. The smallest absolute Gasteiger partial charge is 0.338 e. The third-order valence-corrected chi connectivity index (χ3v) is 2.46. The lowest BCUT2D eigenvalue weighted by molar-refractivity contribution is -0.119. The summed E-state index contributed by atoms with van der Waals surface area (Å²) in [7, 11) is 1.30. The molecule has 1 heterocycles. The maximum atomic E-state index is 11.3. The van der Waals surface area contributed by atoms with Gasteiger partial charge in [-0.05, 0) is 18.1 Å². The molecule has 0 saturated carbocycles. The van der Waals surface area contributed by atoms with Gasteiger partial charge in [-0.1, -0.05) is 13.8 Å². The number of amides is 1. The van der Waals surface area contributed by atoms with Crippen LogP contribution in [0.25, 0.3) is 0 Å². The van der Waals surface area contributed by atoms with Crippen molar-refractivity contribution in [3.63, 3.8) is 0 Å². The number of pyridine rings is 1. The van der Waals surface area contributed by atoms with Gasteiger partial charge in [0, 0.05) is 6.20 Å². The quantitative estimate of drug-likeness (QED) is 0.754. The monoisotopic (exact) mass is 251 g/mol. The zero-order valence-corrected chi connectivity index (χ0v) is 10.6. The van der Waals surface area contributed by atoms with Crippen LogP contribution in [0.4, 0.5) is 5.82 Å². The van der Waals surface area contributed by atoms with Crippen LogP contribution in [0.2, 0.25) is 0 Å². The van der Waals surface area contributed by atoms with E-state index in [2.05, 4.69) is 15.0 Å². The van der Waals surface area contributed by atoms with Gasteiger partial charge in [0.1, 0.15) is 11.9 Å². The number of methoxy groups -OCH3 is 1. The summed E-state index contributed by atoms with van der Waals surface area (Å²) in [4.78, 5) is 26.6. The molecular weight excluding hydrogens is 234 g/mol. The lowest BCUT2D eigenvalue weighted by atomic mass is 10.0. The van der Waals surface area contributed by atoms with Gasteiger partial charge in [0.2, 0.25) is 5.91 Å². The highest BCUT2D eigenvalue weighted by Gasteiger charge is 2.20. The zero-order valence-electron chi connectivity index (χ0n) is 10.6. The molecular formula is C12H17N3O3. The van der Waals surface area contributed by atoms with Crippen molar-refractivity contribution in [2.24, 2.45) is 11.7 Å². The van der Waals surface area contributed by atoms with Crippen molar-refractivity contribution in [2.75, 3.05) is 12.4 Å². The Labute approximate surface area is 106 Å². The minimum absolute atomic E-state index is 0.0195. The first-order valence-electron chi connectivity index (χ1n) is 5.56. The lowest BCUT2D eigenvalue weighted by Crippen LogP contribution is -2.39. The van der Waals surface area contributed by atoms with Crippen molar-refractivity contribution < 1.29 is 14.3 Å². The number of nitrogens with two attached hydrogens (primary N) is 1. The van der Waals surface area contributed by atoms with Crippen LogP contribution in [0.3, 0.4) is 0 Å². The van der Waals surface area contributed by atoms with Gasteiger partial charge in [-0.25, -0.2) is 9.78 Å². The molecule has 1 aromatic rings. The van der Waals surface area contributed by atoms with Crippen molar-refractivity contribution in [1.82, 2.24) is 4.98 Å². The van der Waals surface area contributed by atoms with Crippen molar-refractivity contribution >= 4 is 17.7 Å². The summed E-state index contributed by atoms with van der Waals surface area (Å²) in [6, 6.07) is 2.51. The Morgan fingerprint density at radius 1 is 1.44 bits per heavy atom. The van der Waals surface area contributed by atoms with E-state index in [9.17, 15) is 9.59 Å². The molecule has 0 aromatic carbocycles. The minimum Gasteiger partial charge on any atom is -0.465 e. The topological polar surface area (TPSA) is 94.3 Å². The molecule has 98 valence electrons. The Bertz CT molecular complexity index is 446. The van der Waals surface area contributed by atoms with E-state index in [4.69, 9.17) is 5.73 Å². The average Bonchev–Trinajstić information content (AvgIpc) is 2.34. The number of esters is 1. The molecule has 1 rings (SSSR count).